The summed E-state index contributed by atoms with van der Waals surface area (Å²) in [6.07, 6.45) is 5.57. The van der Waals surface area contributed by atoms with Crippen molar-refractivity contribution in [3.05, 3.63) is 23.8 Å². The zero-order valence-electron chi connectivity index (χ0n) is 14.5. The molecule has 3 saturated carbocycles. The van der Waals surface area contributed by atoms with E-state index >= 15 is 4.39 Å². The Morgan fingerprint density at radius 3 is 2.67 bits per heavy atom. The smallest absolute Gasteiger partial charge is 0.178 e. The largest absolute Gasteiger partial charge is 0.390 e. The van der Waals surface area contributed by atoms with E-state index in [2.05, 4.69) is 0 Å². The molecule has 24 heavy (non-hydrogen) atoms. The number of Topliss-reactive ketones (excluding diaryl/α,β-unsaturated/α-hetero) is 1. The van der Waals surface area contributed by atoms with E-state index in [-0.39, 0.29) is 35.7 Å². The van der Waals surface area contributed by atoms with Crippen molar-refractivity contribution in [3.63, 3.8) is 0 Å². The highest BCUT2D eigenvalue weighted by Crippen LogP contribution is 2.67. The van der Waals surface area contributed by atoms with Gasteiger partial charge in [0.25, 0.3) is 0 Å². The van der Waals surface area contributed by atoms with Crippen LogP contribution in [0.2, 0.25) is 0 Å². The Hall–Kier alpha value is -1.29. The second-order valence-corrected chi connectivity index (χ2v) is 8.77. The minimum Gasteiger partial charge on any atom is -0.390 e. The zero-order valence-corrected chi connectivity index (χ0v) is 14.5. The van der Waals surface area contributed by atoms with Crippen LogP contribution in [0.3, 0.4) is 0 Å². The molecule has 4 rings (SSSR count). The number of fused-ring (bicyclic) bond motifs is 5. The van der Waals surface area contributed by atoms with Crippen LogP contribution in [0.5, 0.6) is 0 Å². The molecule has 4 heteroatoms. The summed E-state index contributed by atoms with van der Waals surface area (Å²) >= 11 is 0. The molecule has 0 radical (unpaired) electrons. The van der Waals surface area contributed by atoms with Gasteiger partial charge in [0.2, 0.25) is 0 Å². The lowest BCUT2D eigenvalue weighted by molar-refractivity contribution is -0.190. The molecule has 3 fully saturated rings. The molecule has 4 aliphatic rings. The Kier molecular flexibility index (Phi) is 3.14. The van der Waals surface area contributed by atoms with E-state index in [1.807, 2.05) is 13.8 Å². The van der Waals surface area contributed by atoms with Gasteiger partial charge >= 0.3 is 0 Å². The lowest BCUT2D eigenvalue weighted by Crippen LogP contribution is -2.66. The van der Waals surface area contributed by atoms with Gasteiger partial charge in [-0.25, -0.2) is 4.39 Å². The van der Waals surface area contributed by atoms with Crippen molar-refractivity contribution in [1.82, 2.24) is 0 Å². The number of carbonyl (C=O) groups excluding carboxylic acids is 2. The lowest BCUT2D eigenvalue weighted by Gasteiger charge is -2.60. The topological polar surface area (TPSA) is 54.4 Å². The Labute approximate surface area is 142 Å². The van der Waals surface area contributed by atoms with E-state index in [0.29, 0.717) is 19.3 Å². The third-order valence-corrected chi connectivity index (χ3v) is 7.65. The predicted molar refractivity (Wildman–Crippen MR) is 87.9 cm³/mol. The Balaban J connectivity index is 1.84. The second-order valence-electron chi connectivity index (χ2n) is 8.77. The highest BCUT2D eigenvalue weighted by molar-refractivity contribution is 6.01. The van der Waals surface area contributed by atoms with Crippen molar-refractivity contribution < 1.29 is 19.1 Å². The molecule has 0 aromatic rings. The fraction of sp³-hybridized carbons (Fsp3) is 0.700. The maximum Gasteiger partial charge on any atom is 0.178 e. The van der Waals surface area contributed by atoms with Gasteiger partial charge in [-0.3, -0.25) is 9.59 Å². The number of ketones is 2. The van der Waals surface area contributed by atoms with Crippen LogP contribution < -0.4 is 0 Å². The molecule has 1 N–H and O–H groups in total. The highest BCUT2D eigenvalue weighted by atomic mass is 19.1. The van der Waals surface area contributed by atoms with Gasteiger partial charge in [0.1, 0.15) is 5.78 Å². The van der Waals surface area contributed by atoms with Crippen LogP contribution >= 0.6 is 0 Å². The van der Waals surface area contributed by atoms with Crippen LogP contribution in [0.15, 0.2) is 23.8 Å². The molecule has 1 unspecified atom stereocenters. The van der Waals surface area contributed by atoms with Crippen LogP contribution in [0.25, 0.3) is 0 Å². The molecule has 0 aliphatic heterocycles. The number of aliphatic hydroxyl groups is 1. The number of allylic oxidation sites excluding steroid dienone is 4. The third kappa shape index (κ3) is 1.66. The molecule has 0 aromatic carbocycles. The van der Waals surface area contributed by atoms with Gasteiger partial charge in [0.15, 0.2) is 11.5 Å². The van der Waals surface area contributed by atoms with E-state index in [0.717, 1.165) is 5.57 Å². The van der Waals surface area contributed by atoms with E-state index < -0.39 is 22.6 Å². The molecule has 3 nitrogen and oxygen atoms in total. The van der Waals surface area contributed by atoms with Crippen LogP contribution in [-0.4, -0.2) is 28.4 Å². The highest BCUT2D eigenvalue weighted by Gasteiger charge is 2.71. The molecule has 0 aromatic heterocycles. The first kappa shape index (κ1) is 16.2. The first-order chi connectivity index (χ1) is 11.1. The van der Waals surface area contributed by atoms with Gasteiger partial charge in [-0.2, -0.15) is 0 Å². The number of alkyl halides is 1. The summed E-state index contributed by atoms with van der Waals surface area (Å²) in [6.45, 7) is 5.65. The van der Waals surface area contributed by atoms with E-state index in [4.69, 9.17) is 0 Å². The van der Waals surface area contributed by atoms with E-state index in [1.54, 1.807) is 19.1 Å². The summed E-state index contributed by atoms with van der Waals surface area (Å²) < 4.78 is 16.6. The van der Waals surface area contributed by atoms with E-state index in [9.17, 15) is 14.7 Å². The molecule has 4 aliphatic carbocycles. The number of halogens is 1. The minimum absolute atomic E-state index is 0.0298. The molecule has 7 atom stereocenters. The molecular formula is C20H25FO3. The van der Waals surface area contributed by atoms with Crippen LogP contribution in [0, 0.1) is 28.6 Å². The SMILES string of the molecule is C[C@H]1CC2[C@@H]3CCC4=CC(=O)C=C[C@]4(C)[C@@]3(F)[C@@H](O)C[C@]2(C)C1=O. The van der Waals surface area contributed by atoms with Gasteiger partial charge < -0.3 is 5.11 Å². The zero-order chi connectivity index (χ0) is 17.5. The molecule has 0 bridgehead atoms. The van der Waals surface area contributed by atoms with Gasteiger partial charge in [-0.1, -0.05) is 25.5 Å². The second kappa shape index (κ2) is 4.66. The van der Waals surface area contributed by atoms with Crippen LogP contribution in [0.1, 0.15) is 46.5 Å². The molecular weight excluding hydrogens is 307 g/mol. The molecule has 0 heterocycles. The summed E-state index contributed by atoms with van der Waals surface area (Å²) in [5, 5.41) is 10.9. The van der Waals surface area contributed by atoms with Crippen LogP contribution in [-0.2, 0) is 9.59 Å². The standard InChI is InChI=1S/C20H25FO3/c1-11-8-15-14-5-4-12-9-13(22)6-7-19(12,3)20(14,21)16(23)10-18(15,2)17(11)24/h6-7,9,11,14-16,23H,4-5,8,10H2,1-3H3/t11-,14-,15?,16-,18-,19-,20-/m0/s1. The van der Waals surface area contributed by atoms with Gasteiger partial charge in [-0.05, 0) is 50.7 Å². The van der Waals surface area contributed by atoms with Gasteiger partial charge in [0, 0.05) is 22.7 Å². The number of carbonyl (C=O) groups is 2. The summed E-state index contributed by atoms with van der Waals surface area (Å²) in [6, 6.07) is 0. The fourth-order valence-electron chi connectivity index (χ4n) is 6.33. The lowest BCUT2D eigenvalue weighted by atomic mass is 9.46. The Bertz CT molecular complexity index is 695. The van der Waals surface area contributed by atoms with Crippen molar-refractivity contribution in [3.8, 4) is 0 Å². The predicted octanol–water partition coefficient (Wildman–Crippen LogP) is 3.17. The average Bonchev–Trinajstić information content (AvgIpc) is 2.74. The molecule has 130 valence electrons. The number of aliphatic hydroxyl groups excluding tert-OH is 1. The number of rotatable bonds is 0. The van der Waals surface area contributed by atoms with Crippen molar-refractivity contribution in [2.75, 3.05) is 0 Å². The first-order valence-electron chi connectivity index (χ1n) is 9.00. The summed E-state index contributed by atoms with van der Waals surface area (Å²) in [5.74, 6) is -0.375. The monoisotopic (exact) mass is 332 g/mol. The van der Waals surface area contributed by atoms with Crippen LogP contribution in [0.4, 0.5) is 4.39 Å². The van der Waals surface area contributed by atoms with E-state index in [1.165, 1.54) is 6.08 Å². The van der Waals surface area contributed by atoms with Crippen molar-refractivity contribution >= 4 is 11.6 Å². The minimum atomic E-state index is -1.82. The van der Waals surface area contributed by atoms with Crippen molar-refractivity contribution in [2.45, 2.75) is 58.2 Å². The fourth-order valence-corrected chi connectivity index (χ4v) is 6.33. The maximum atomic E-state index is 16.6. The normalized spacial score (nSPS) is 53.3. The average molecular weight is 332 g/mol. The summed E-state index contributed by atoms with van der Waals surface area (Å²) in [4.78, 5) is 24.4. The van der Waals surface area contributed by atoms with Crippen molar-refractivity contribution in [1.29, 1.82) is 0 Å². The number of hydrogen-bond donors (Lipinski definition) is 1. The van der Waals surface area contributed by atoms with Crippen molar-refractivity contribution in [2.24, 2.45) is 28.6 Å². The quantitative estimate of drug-likeness (QED) is 0.741. The summed E-state index contributed by atoms with van der Waals surface area (Å²) in [5.41, 5.74) is -2.61. The first-order valence-corrected chi connectivity index (χ1v) is 9.00. The third-order valence-electron chi connectivity index (χ3n) is 7.65. The summed E-state index contributed by atoms with van der Waals surface area (Å²) in [7, 11) is 0. The Morgan fingerprint density at radius 2 is 1.96 bits per heavy atom. The molecule has 0 spiro atoms. The number of hydrogen-bond acceptors (Lipinski definition) is 3. The molecule has 0 saturated heterocycles. The Morgan fingerprint density at radius 1 is 1.25 bits per heavy atom. The maximum absolute atomic E-state index is 16.6. The van der Waals surface area contributed by atoms with Gasteiger partial charge in [-0.15, -0.1) is 0 Å². The van der Waals surface area contributed by atoms with Gasteiger partial charge in [0.05, 0.1) is 6.10 Å². The molecule has 0 amide bonds.